The minimum Gasteiger partial charge on any atom is -0.366 e. The van der Waals surface area contributed by atoms with Crippen molar-refractivity contribution in [3.05, 3.63) is 35.4 Å². The molecule has 1 aliphatic carbocycles. The molecule has 1 atom stereocenters. The van der Waals surface area contributed by atoms with Gasteiger partial charge in [-0.05, 0) is 49.1 Å². The van der Waals surface area contributed by atoms with E-state index in [1.807, 2.05) is 17.0 Å². The van der Waals surface area contributed by atoms with Gasteiger partial charge < -0.3 is 16.0 Å². The molecule has 1 aromatic rings. The minimum absolute atomic E-state index is 0.0351. The van der Waals surface area contributed by atoms with Crippen molar-refractivity contribution in [2.24, 2.45) is 17.6 Å². The molecule has 1 unspecified atom stereocenters. The number of carbonyl (C=O) groups excluding carboxylic acids is 3. The second-order valence-corrected chi connectivity index (χ2v) is 7.54. The van der Waals surface area contributed by atoms with Crippen LogP contribution in [0.15, 0.2) is 24.3 Å². The van der Waals surface area contributed by atoms with Gasteiger partial charge in [0, 0.05) is 38.0 Å². The molecule has 3 rings (SSSR count). The number of benzene rings is 1. The van der Waals surface area contributed by atoms with Crippen LogP contribution in [0.2, 0.25) is 0 Å². The summed E-state index contributed by atoms with van der Waals surface area (Å²) in [6.45, 7) is 3.18. The minimum atomic E-state index is -0.451. The zero-order valence-corrected chi connectivity index (χ0v) is 15.2. The summed E-state index contributed by atoms with van der Waals surface area (Å²) in [4.78, 5) is 37.0. The molecular formula is C20H27N3O3. The fourth-order valence-electron chi connectivity index (χ4n) is 4.23. The van der Waals surface area contributed by atoms with Crippen molar-refractivity contribution in [2.75, 3.05) is 13.1 Å². The topological polar surface area (TPSA) is 92.5 Å². The number of nitrogens with one attached hydrogen (secondary N) is 1. The second-order valence-electron chi connectivity index (χ2n) is 7.54. The van der Waals surface area contributed by atoms with E-state index < -0.39 is 5.91 Å². The van der Waals surface area contributed by atoms with E-state index in [9.17, 15) is 14.4 Å². The van der Waals surface area contributed by atoms with Crippen molar-refractivity contribution in [1.82, 2.24) is 10.2 Å². The first-order valence-electron chi connectivity index (χ1n) is 9.36. The highest BCUT2D eigenvalue weighted by atomic mass is 16.2. The van der Waals surface area contributed by atoms with Crippen molar-refractivity contribution in [3.8, 4) is 0 Å². The molecule has 6 heteroatoms. The Morgan fingerprint density at radius 2 is 1.92 bits per heavy atom. The maximum absolute atomic E-state index is 12.5. The second kappa shape index (κ2) is 7.89. The Morgan fingerprint density at radius 1 is 1.19 bits per heavy atom. The molecule has 1 aromatic carbocycles. The molecule has 1 saturated carbocycles. The van der Waals surface area contributed by atoms with Crippen molar-refractivity contribution in [1.29, 1.82) is 0 Å². The van der Waals surface area contributed by atoms with E-state index in [0.29, 0.717) is 36.3 Å². The van der Waals surface area contributed by atoms with Gasteiger partial charge in [-0.1, -0.05) is 18.2 Å². The van der Waals surface area contributed by atoms with Crippen LogP contribution in [0.5, 0.6) is 0 Å². The largest absolute Gasteiger partial charge is 0.366 e. The summed E-state index contributed by atoms with van der Waals surface area (Å²) in [7, 11) is 0. The van der Waals surface area contributed by atoms with Crippen LogP contribution in [-0.2, 0) is 16.0 Å². The van der Waals surface area contributed by atoms with Crippen molar-refractivity contribution in [3.63, 3.8) is 0 Å². The van der Waals surface area contributed by atoms with Crippen molar-refractivity contribution in [2.45, 2.75) is 45.1 Å². The van der Waals surface area contributed by atoms with Crippen LogP contribution < -0.4 is 11.1 Å². The third kappa shape index (κ3) is 4.23. The summed E-state index contributed by atoms with van der Waals surface area (Å²) in [5.74, 6) is 0.882. The average Bonchev–Trinajstić information content (AvgIpc) is 3.05. The van der Waals surface area contributed by atoms with E-state index in [-0.39, 0.29) is 11.8 Å². The fraction of sp³-hybridized carbons (Fsp3) is 0.550. The molecule has 0 bridgehead atoms. The van der Waals surface area contributed by atoms with Gasteiger partial charge in [-0.15, -0.1) is 0 Å². The zero-order chi connectivity index (χ0) is 18.7. The number of nitrogens with zero attached hydrogens (tertiary/aromatic N) is 1. The molecule has 3 amide bonds. The standard InChI is InChI=1S/C20H27N3O3/c1-13(24)22-17-10-16(11-17)15-8-9-23(12-15)19(25)7-6-14-4-2-3-5-18(14)20(21)26/h2-5,15-17H,6-12H2,1H3,(H2,21,26)(H,22,24). The predicted octanol–water partition coefficient (Wildman–Crippen LogP) is 1.48. The first-order valence-corrected chi connectivity index (χ1v) is 9.36. The van der Waals surface area contributed by atoms with E-state index in [4.69, 9.17) is 5.73 Å². The van der Waals surface area contributed by atoms with Crippen LogP contribution in [0.4, 0.5) is 0 Å². The number of aryl methyl sites for hydroxylation is 1. The fourth-order valence-corrected chi connectivity index (χ4v) is 4.23. The van der Waals surface area contributed by atoms with Gasteiger partial charge in [0.1, 0.15) is 0 Å². The van der Waals surface area contributed by atoms with Gasteiger partial charge >= 0.3 is 0 Å². The number of carbonyl (C=O) groups is 3. The zero-order valence-electron chi connectivity index (χ0n) is 15.2. The highest BCUT2D eigenvalue weighted by Crippen LogP contribution is 2.38. The predicted molar refractivity (Wildman–Crippen MR) is 98.3 cm³/mol. The summed E-state index contributed by atoms with van der Waals surface area (Å²) >= 11 is 0. The summed E-state index contributed by atoms with van der Waals surface area (Å²) in [6, 6.07) is 7.52. The van der Waals surface area contributed by atoms with Crippen LogP contribution in [-0.4, -0.2) is 41.8 Å². The Labute approximate surface area is 154 Å². The smallest absolute Gasteiger partial charge is 0.248 e. The highest BCUT2D eigenvalue weighted by Gasteiger charge is 2.39. The van der Waals surface area contributed by atoms with Gasteiger partial charge in [-0.25, -0.2) is 0 Å². The molecule has 2 aliphatic rings. The van der Waals surface area contributed by atoms with Gasteiger partial charge in [0.25, 0.3) is 0 Å². The van der Waals surface area contributed by atoms with Crippen LogP contribution >= 0.6 is 0 Å². The Morgan fingerprint density at radius 3 is 2.62 bits per heavy atom. The van der Waals surface area contributed by atoms with E-state index in [1.54, 1.807) is 19.1 Å². The molecule has 1 heterocycles. The number of hydrogen-bond acceptors (Lipinski definition) is 3. The van der Waals surface area contributed by atoms with Crippen molar-refractivity contribution < 1.29 is 14.4 Å². The molecule has 1 saturated heterocycles. The number of hydrogen-bond donors (Lipinski definition) is 2. The van der Waals surface area contributed by atoms with Gasteiger partial charge in [0.15, 0.2) is 0 Å². The van der Waals surface area contributed by atoms with Crippen LogP contribution in [0, 0.1) is 11.8 Å². The molecule has 140 valence electrons. The number of primary amides is 1. The third-order valence-electron chi connectivity index (χ3n) is 5.72. The Kier molecular flexibility index (Phi) is 5.59. The summed E-state index contributed by atoms with van der Waals surface area (Å²) < 4.78 is 0. The summed E-state index contributed by atoms with van der Waals surface area (Å²) in [5.41, 5.74) is 6.73. The average molecular weight is 357 g/mol. The van der Waals surface area contributed by atoms with E-state index in [0.717, 1.165) is 37.9 Å². The highest BCUT2D eigenvalue weighted by molar-refractivity contribution is 5.94. The molecule has 0 spiro atoms. The Balaban J connectivity index is 1.46. The summed E-state index contributed by atoms with van der Waals surface area (Å²) in [5, 5.41) is 2.96. The van der Waals surface area contributed by atoms with Gasteiger partial charge in [0.2, 0.25) is 17.7 Å². The van der Waals surface area contributed by atoms with Crippen LogP contribution in [0.25, 0.3) is 0 Å². The lowest BCUT2D eigenvalue weighted by Gasteiger charge is -2.39. The van der Waals surface area contributed by atoms with E-state index in [2.05, 4.69) is 5.32 Å². The lowest BCUT2D eigenvalue weighted by molar-refractivity contribution is -0.130. The first-order chi connectivity index (χ1) is 12.4. The maximum atomic E-state index is 12.5. The normalized spacial score (nSPS) is 24.8. The number of rotatable bonds is 6. The molecule has 26 heavy (non-hydrogen) atoms. The van der Waals surface area contributed by atoms with Crippen LogP contribution in [0.3, 0.4) is 0 Å². The van der Waals surface area contributed by atoms with E-state index in [1.165, 1.54) is 0 Å². The number of likely N-dealkylation sites (tertiary alicyclic amines) is 1. The molecular weight excluding hydrogens is 330 g/mol. The van der Waals surface area contributed by atoms with Gasteiger partial charge in [-0.2, -0.15) is 0 Å². The van der Waals surface area contributed by atoms with Gasteiger partial charge in [0.05, 0.1) is 0 Å². The third-order valence-corrected chi connectivity index (χ3v) is 5.72. The maximum Gasteiger partial charge on any atom is 0.248 e. The Bertz CT molecular complexity index is 697. The molecule has 6 nitrogen and oxygen atoms in total. The quantitative estimate of drug-likeness (QED) is 0.808. The molecule has 2 fully saturated rings. The first kappa shape index (κ1) is 18.4. The number of amides is 3. The lowest BCUT2D eigenvalue weighted by atomic mass is 9.72. The molecule has 3 N–H and O–H groups in total. The molecule has 1 aliphatic heterocycles. The lowest BCUT2D eigenvalue weighted by Crippen LogP contribution is -2.46. The van der Waals surface area contributed by atoms with E-state index >= 15 is 0 Å². The van der Waals surface area contributed by atoms with Crippen molar-refractivity contribution >= 4 is 17.7 Å². The molecule has 0 aromatic heterocycles. The Hall–Kier alpha value is -2.37. The number of nitrogens with two attached hydrogens (primary N) is 1. The SMILES string of the molecule is CC(=O)NC1CC(C2CCN(C(=O)CCc3ccccc3C(N)=O)C2)C1. The monoisotopic (exact) mass is 357 g/mol. The summed E-state index contributed by atoms with van der Waals surface area (Å²) in [6.07, 6.45) is 4.03. The van der Waals surface area contributed by atoms with Gasteiger partial charge in [-0.3, -0.25) is 14.4 Å². The molecule has 0 radical (unpaired) electrons. The van der Waals surface area contributed by atoms with Crippen LogP contribution in [0.1, 0.15) is 48.5 Å².